The molecule has 3 rings (SSSR count). The molecule has 1 fully saturated rings. The fourth-order valence-corrected chi connectivity index (χ4v) is 3.19. The number of aryl methyl sites for hydroxylation is 1. The number of carbonyl (C=O) groups is 1. The number of halogens is 1. The molecule has 6 nitrogen and oxygen atoms in total. The van der Waals surface area contributed by atoms with E-state index in [1.165, 1.54) is 0 Å². The van der Waals surface area contributed by atoms with Crippen molar-refractivity contribution < 1.29 is 4.79 Å². The lowest BCUT2D eigenvalue weighted by atomic mass is 10.2. The van der Waals surface area contributed by atoms with Gasteiger partial charge in [0.25, 0.3) is 5.91 Å². The van der Waals surface area contributed by atoms with Gasteiger partial charge in [-0.2, -0.15) is 5.10 Å². The average molecular weight is 374 g/mol. The summed E-state index contributed by atoms with van der Waals surface area (Å²) in [6.07, 6.45) is 3.59. The van der Waals surface area contributed by atoms with Crippen molar-refractivity contribution in [3.05, 3.63) is 58.9 Å². The first-order chi connectivity index (χ1) is 12.6. The van der Waals surface area contributed by atoms with Crippen LogP contribution in [-0.2, 0) is 18.4 Å². The van der Waals surface area contributed by atoms with E-state index in [0.717, 1.165) is 49.0 Å². The van der Waals surface area contributed by atoms with Gasteiger partial charge in [0.05, 0.1) is 18.5 Å². The Kier molecular flexibility index (Phi) is 6.44. The maximum Gasteiger partial charge on any atom is 0.254 e. The highest BCUT2D eigenvalue weighted by Gasteiger charge is 2.19. The fourth-order valence-electron chi connectivity index (χ4n) is 2.99. The van der Waals surface area contributed by atoms with Crippen molar-refractivity contribution >= 4 is 23.7 Å². The van der Waals surface area contributed by atoms with Crippen LogP contribution in [0.3, 0.4) is 0 Å². The summed E-state index contributed by atoms with van der Waals surface area (Å²) >= 11 is 6.23. The van der Waals surface area contributed by atoms with Crippen LogP contribution < -0.4 is 5.43 Å². The third-order valence-corrected chi connectivity index (χ3v) is 4.92. The molecule has 0 aliphatic carbocycles. The van der Waals surface area contributed by atoms with Gasteiger partial charge in [0.1, 0.15) is 0 Å². The molecule has 2 aromatic rings. The summed E-state index contributed by atoms with van der Waals surface area (Å²) in [5.41, 5.74) is 4.69. The molecule has 0 saturated carbocycles. The number of carbonyl (C=O) groups excluding carboxylic acids is 1. The zero-order chi connectivity index (χ0) is 18.4. The summed E-state index contributed by atoms with van der Waals surface area (Å²) in [5.74, 6) is -0.0880. The lowest BCUT2D eigenvalue weighted by molar-refractivity contribution is -0.122. The largest absolute Gasteiger partial charge is 0.350 e. The van der Waals surface area contributed by atoms with E-state index >= 15 is 0 Å². The number of hydrogen-bond acceptors (Lipinski definition) is 4. The second-order valence-electron chi connectivity index (χ2n) is 6.48. The Balaban J connectivity index is 1.39. The van der Waals surface area contributed by atoms with Crippen molar-refractivity contribution in [2.75, 3.05) is 32.7 Å². The normalized spacial score (nSPS) is 16.2. The second-order valence-corrected chi connectivity index (χ2v) is 6.89. The molecule has 1 aliphatic rings. The van der Waals surface area contributed by atoms with Gasteiger partial charge in [-0.15, -0.1) is 0 Å². The molecule has 7 heteroatoms. The van der Waals surface area contributed by atoms with Crippen LogP contribution in [0.25, 0.3) is 0 Å². The molecule has 1 saturated heterocycles. The van der Waals surface area contributed by atoms with E-state index in [1.807, 2.05) is 48.1 Å². The zero-order valence-electron chi connectivity index (χ0n) is 14.9. The Labute approximate surface area is 159 Å². The van der Waals surface area contributed by atoms with Crippen molar-refractivity contribution in [2.45, 2.75) is 6.54 Å². The number of piperazine rings is 1. The topological polar surface area (TPSA) is 52.9 Å². The molecule has 1 aliphatic heterocycles. The van der Waals surface area contributed by atoms with Gasteiger partial charge in [-0.1, -0.05) is 29.8 Å². The quantitative estimate of drug-likeness (QED) is 0.622. The summed E-state index contributed by atoms with van der Waals surface area (Å²) < 4.78 is 1.94. The smallest absolute Gasteiger partial charge is 0.254 e. The number of nitrogens with zero attached hydrogens (tertiary/aromatic N) is 4. The molecule has 1 amide bonds. The monoisotopic (exact) mass is 373 g/mol. The maximum atomic E-state index is 12.0. The molecule has 2 heterocycles. The second kappa shape index (κ2) is 8.98. The van der Waals surface area contributed by atoms with Crippen LogP contribution in [0.4, 0.5) is 0 Å². The van der Waals surface area contributed by atoms with Crippen LogP contribution >= 0.6 is 11.6 Å². The van der Waals surface area contributed by atoms with E-state index in [9.17, 15) is 4.79 Å². The van der Waals surface area contributed by atoms with Crippen molar-refractivity contribution in [3.8, 4) is 0 Å². The third-order valence-electron chi connectivity index (χ3n) is 4.55. The van der Waals surface area contributed by atoms with Crippen LogP contribution in [0.1, 0.15) is 11.3 Å². The highest BCUT2D eigenvalue weighted by Crippen LogP contribution is 2.17. The average Bonchev–Trinajstić information content (AvgIpc) is 3.04. The lowest BCUT2D eigenvalue weighted by Gasteiger charge is -2.34. The first kappa shape index (κ1) is 18.6. The van der Waals surface area contributed by atoms with Crippen LogP contribution in [0, 0.1) is 0 Å². The van der Waals surface area contributed by atoms with E-state index in [1.54, 1.807) is 6.21 Å². The molecule has 1 aromatic carbocycles. The van der Waals surface area contributed by atoms with E-state index in [-0.39, 0.29) is 5.91 Å². The zero-order valence-corrected chi connectivity index (χ0v) is 15.7. The van der Waals surface area contributed by atoms with E-state index in [2.05, 4.69) is 26.4 Å². The van der Waals surface area contributed by atoms with Crippen molar-refractivity contribution in [1.29, 1.82) is 0 Å². The molecule has 1 N–H and O–H groups in total. The highest BCUT2D eigenvalue weighted by molar-refractivity contribution is 6.31. The van der Waals surface area contributed by atoms with Gasteiger partial charge < -0.3 is 4.57 Å². The Morgan fingerprint density at radius 2 is 1.88 bits per heavy atom. The number of hydrogen-bond donors (Lipinski definition) is 1. The van der Waals surface area contributed by atoms with Gasteiger partial charge in [-0.3, -0.25) is 14.6 Å². The maximum absolute atomic E-state index is 12.0. The first-order valence-corrected chi connectivity index (χ1v) is 9.11. The lowest BCUT2D eigenvalue weighted by Crippen LogP contribution is -2.48. The first-order valence-electron chi connectivity index (χ1n) is 8.73. The van der Waals surface area contributed by atoms with Crippen LogP contribution in [0.5, 0.6) is 0 Å². The minimum absolute atomic E-state index is 0.0880. The number of hydrazone groups is 1. The molecule has 0 unspecified atom stereocenters. The van der Waals surface area contributed by atoms with Gasteiger partial charge in [0, 0.05) is 51.0 Å². The molecule has 0 radical (unpaired) electrons. The van der Waals surface area contributed by atoms with Crippen molar-refractivity contribution in [1.82, 2.24) is 19.8 Å². The van der Waals surface area contributed by atoms with Gasteiger partial charge >= 0.3 is 0 Å². The number of amides is 1. The Bertz CT molecular complexity index is 765. The van der Waals surface area contributed by atoms with Crippen LogP contribution in [0.2, 0.25) is 5.02 Å². The minimum atomic E-state index is -0.0880. The Morgan fingerprint density at radius 1 is 1.15 bits per heavy atom. The standard InChI is InChI=1S/C19H24ClN5O/c1-23-8-4-6-17(23)13-21-22-19(26)15-25-11-9-24(10-12-25)14-16-5-2-3-7-18(16)20/h2-8,13H,9-12,14-15H2,1H3,(H,22,26)/b21-13+. The summed E-state index contributed by atoms with van der Waals surface area (Å²) in [6.45, 7) is 4.78. The van der Waals surface area contributed by atoms with E-state index in [4.69, 9.17) is 11.6 Å². The number of rotatable bonds is 6. The predicted molar refractivity (Wildman–Crippen MR) is 104 cm³/mol. The molecule has 0 spiro atoms. The molecule has 26 heavy (non-hydrogen) atoms. The summed E-state index contributed by atoms with van der Waals surface area (Å²) in [6, 6.07) is 11.8. The van der Waals surface area contributed by atoms with Crippen molar-refractivity contribution in [3.63, 3.8) is 0 Å². The van der Waals surface area contributed by atoms with Crippen LogP contribution in [0.15, 0.2) is 47.7 Å². The number of benzene rings is 1. The molecular formula is C19H24ClN5O. The van der Waals surface area contributed by atoms with Crippen molar-refractivity contribution in [2.24, 2.45) is 12.1 Å². The molecule has 1 aromatic heterocycles. The fraction of sp³-hybridized carbons (Fsp3) is 0.368. The predicted octanol–water partition coefficient (Wildman–Crippen LogP) is 1.95. The number of nitrogens with one attached hydrogen (secondary N) is 1. The van der Waals surface area contributed by atoms with Crippen LogP contribution in [-0.4, -0.2) is 59.2 Å². The summed E-state index contributed by atoms with van der Waals surface area (Å²) in [4.78, 5) is 16.6. The van der Waals surface area contributed by atoms with E-state index in [0.29, 0.717) is 6.54 Å². The van der Waals surface area contributed by atoms with Gasteiger partial charge in [0.15, 0.2) is 0 Å². The Morgan fingerprint density at radius 3 is 2.58 bits per heavy atom. The number of aromatic nitrogens is 1. The van der Waals surface area contributed by atoms with E-state index < -0.39 is 0 Å². The summed E-state index contributed by atoms with van der Waals surface area (Å²) in [5, 5.41) is 4.83. The SMILES string of the molecule is Cn1cccc1/C=N/NC(=O)CN1CCN(Cc2ccccc2Cl)CC1. The highest BCUT2D eigenvalue weighted by atomic mass is 35.5. The summed E-state index contributed by atoms with van der Waals surface area (Å²) in [7, 11) is 1.94. The Hall–Kier alpha value is -2.15. The molecular weight excluding hydrogens is 350 g/mol. The molecule has 0 atom stereocenters. The van der Waals surface area contributed by atoms with Gasteiger partial charge in [0.2, 0.25) is 0 Å². The van der Waals surface area contributed by atoms with Gasteiger partial charge in [-0.25, -0.2) is 5.43 Å². The minimum Gasteiger partial charge on any atom is -0.350 e. The third kappa shape index (κ3) is 5.17. The molecule has 138 valence electrons. The van der Waals surface area contributed by atoms with Gasteiger partial charge in [-0.05, 0) is 23.8 Å². The molecule has 0 bridgehead atoms.